The predicted molar refractivity (Wildman–Crippen MR) is 31.6 cm³/mol. The maximum atomic E-state index is 5.35. The molecule has 0 aromatic heterocycles. The van der Waals surface area contributed by atoms with Gasteiger partial charge in [0, 0.05) is 6.42 Å². The van der Waals surface area contributed by atoms with Crippen molar-refractivity contribution in [3.8, 4) is 0 Å². The summed E-state index contributed by atoms with van der Waals surface area (Å²) >= 11 is 0. The molecule has 0 aromatic rings. The van der Waals surface area contributed by atoms with Crippen LogP contribution in [0.3, 0.4) is 0 Å². The van der Waals surface area contributed by atoms with Crippen LogP contribution in [-0.2, 0) is 0 Å². The molecule has 2 heterocycles. The van der Waals surface area contributed by atoms with Gasteiger partial charge in [0.15, 0.2) is 5.66 Å². The molecule has 8 heavy (non-hydrogen) atoms. The molecule has 2 rings (SSSR count). The zero-order valence-electron chi connectivity index (χ0n) is 4.67. The van der Waals surface area contributed by atoms with Crippen LogP contribution in [0.15, 0.2) is 4.99 Å². The molecule has 1 fully saturated rings. The molecule has 44 valence electrons. The fraction of sp³-hybridized carbons (Fsp3) is 0.800. The molecule has 0 aromatic carbocycles. The number of rotatable bonds is 2. The maximum absolute atomic E-state index is 5.35. The fourth-order valence-corrected chi connectivity index (χ4v) is 1.14. The lowest BCUT2D eigenvalue weighted by molar-refractivity contribution is 0.469. The summed E-state index contributed by atoms with van der Waals surface area (Å²) in [5.74, 6) is 0. The number of fused-ring (bicyclic) bond motifs is 1. The molecule has 1 atom stereocenters. The summed E-state index contributed by atoms with van der Waals surface area (Å²) in [7, 11) is 0. The van der Waals surface area contributed by atoms with Crippen molar-refractivity contribution in [3.63, 3.8) is 0 Å². The van der Waals surface area contributed by atoms with Gasteiger partial charge in [0.25, 0.3) is 0 Å². The molecule has 3 heteroatoms. The average molecular weight is 111 g/mol. The second kappa shape index (κ2) is 1.05. The van der Waals surface area contributed by atoms with E-state index in [2.05, 4.69) is 9.89 Å². The smallest absolute Gasteiger partial charge is 0.153 e. The molecule has 0 bridgehead atoms. The lowest BCUT2D eigenvalue weighted by atomic mass is 10.2. The van der Waals surface area contributed by atoms with Crippen LogP contribution in [0, 0.1) is 0 Å². The van der Waals surface area contributed by atoms with Crippen LogP contribution in [0.2, 0.25) is 0 Å². The Kier molecular flexibility index (Phi) is 0.568. The Balaban J connectivity index is 1.99. The predicted octanol–water partition coefficient (Wildman–Crippen LogP) is -0.611. The molecule has 3 nitrogen and oxygen atoms in total. The van der Waals surface area contributed by atoms with Gasteiger partial charge in [0.05, 0.1) is 12.9 Å². The third-order valence-corrected chi connectivity index (χ3v) is 1.84. The van der Waals surface area contributed by atoms with E-state index in [-0.39, 0.29) is 5.66 Å². The summed E-state index contributed by atoms with van der Waals surface area (Å²) in [6.07, 6.45) is 2.92. The van der Waals surface area contributed by atoms with Crippen molar-refractivity contribution in [1.29, 1.82) is 0 Å². The van der Waals surface area contributed by atoms with Crippen LogP contribution < -0.4 is 5.73 Å². The Hall–Kier alpha value is -0.570. The van der Waals surface area contributed by atoms with Crippen LogP contribution in [0.4, 0.5) is 0 Å². The molecule has 1 unspecified atom stereocenters. The molecular weight excluding hydrogens is 102 g/mol. The van der Waals surface area contributed by atoms with Gasteiger partial charge in [-0.3, -0.25) is 0 Å². The van der Waals surface area contributed by atoms with Gasteiger partial charge in [-0.25, -0.2) is 4.99 Å². The van der Waals surface area contributed by atoms with Gasteiger partial charge in [0.2, 0.25) is 0 Å². The van der Waals surface area contributed by atoms with Gasteiger partial charge in [-0.2, -0.15) is 0 Å². The minimum absolute atomic E-state index is 0.217. The first-order valence-electron chi connectivity index (χ1n) is 2.90. The summed E-state index contributed by atoms with van der Waals surface area (Å²) in [4.78, 5) is 6.39. The first-order chi connectivity index (χ1) is 3.87. The van der Waals surface area contributed by atoms with Crippen molar-refractivity contribution in [2.75, 3.05) is 13.1 Å². The standard InChI is InChI=1S/C5H9N3/c6-2-1-5-3-8(5)4-7-5/h4H,1-3,6H2. The molecular formula is C5H9N3. The van der Waals surface area contributed by atoms with E-state index < -0.39 is 0 Å². The van der Waals surface area contributed by atoms with Crippen molar-refractivity contribution >= 4 is 6.34 Å². The highest BCUT2D eigenvalue weighted by Gasteiger charge is 2.55. The van der Waals surface area contributed by atoms with E-state index in [0.29, 0.717) is 0 Å². The highest BCUT2D eigenvalue weighted by molar-refractivity contribution is 5.69. The van der Waals surface area contributed by atoms with Crippen LogP contribution in [-0.4, -0.2) is 30.0 Å². The molecule has 1 saturated heterocycles. The minimum atomic E-state index is 0.217. The summed E-state index contributed by atoms with van der Waals surface area (Å²) in [5.41, 5.74) is 5.57. The fourth-order valence-electron chi connectivity index (χ4n) is 1.14. The third kappa shape index (κ3) is 0.314. The Morgan fingerprint density at radius 3 is 2.88 bits per heavy atom. The highest BCUT2D eigenvalue weighted by Crippen LogP contribution is 2.41. The van der Waals surface area contributed by atoms with Crippen molar-refractivity contribution < 1.29 is 0 Å². The second-order valence-corrected chi connectivity index (χ2v) is 2.39. The van der Waals surface area contributed by atoms with Gasteiger partial charge in [0.1, 0.15) is 0 Å². The first kappa shape index (κ1) is 4.32. The summed E-state index contributed by atoms with van der Waals surface area (Å²) < 4.78 is 0. The number of hydrogen-bond acceptors (Lipinski definition) is 3. The molecule has 0 radical (unpaired) electrons. The van der Waals surface area contributed by atoms with Gasteiger partial charge in [-0.05, 0) is 6.54 Å². The maximum Gasteiger partial charge on any atom is 0.153 e. The lowest BCUT2D eigenvalue weighted by Crippen LogP contribution is -2.27. The average Bonchev–Trinajstić information content (AvgIpc) is 2.19. The number of aliphatic imine (C=N–C) groups is 1. The molecule has 0 amide bonds. The van der Waals surface area contributed by atoms with Crippen LogP contribution >= 0.6 is 0 Å². The summed E-state index contributed by atoms with van der Waals surface area (Å²) in [5, 5.41) is 0. The van der Waals surface area contributed by atoms with Gasteiger partial charge >= 0.3 is 0 Å². The lowest BCUT2D eigenvalue weighted by Gasteiger charge is -2.16. The van der Waals surface area contributed by atoms with Crippen LogP contribution in [0.1, 0.15) is 6.42 Å². The Labute approximate surface area is 48.2 Å². The topological polar surface area (TPSA) is 41.4 Å². The summed E-state index contributed by atoms with van der Waals surface area (Å²) in [6, 6.07) is 0. The van der Waals surface area contributed by atoms with Crippen LogP contribution in [0.5, 0.6) is 0 Å². The normalized spacial score (nSPS) is 38.9. The molecule has 2 aliphatic rings. The quantitative estimate of drug-likeness (QED) is 0.483. The van der Waals surface area contributed by atoms with E-state index in [0.717, 1.165) is 19.5 Å². The Morgan fingerprint density at radius 2 is 2.75 bits per heavy atom. The van der Waals surface area contributed by atoms with E-state index in [1.165, 1.54) is 0 Å². The largest absolute Gasteiger partial charge is 0.332 e. The van der Waals surface area contributed by atoms with Crippen LogP contribution in [0.25, 0.3) is 0 Å². The zero-order chi connectivity index (χ0) is 5.61. The molecule has 0 saturated carbocycles. The second-order valence-electron chi connectivity index (χ2n) is 2.39. The SMILES string of the molecule is NCCC12CN1C=N2. The molecule has 2 N–H and O–H groups in total. The van der Waals surface area contributed by atoms with Crippen molar-refractivity contribution in [2.45, 2.75) is 12.1 Å². The zero-order valence-corrected chi connectivity index (χ0v) is 4.67. The summed E-state index contributed by atoms with van der Waals surface area (Å²) in [6.45, 7) is 1.87. The van der Waals surface area contributed by atoms with Gasteiger partial charge in [-0.1, -0.05) is 0 Å². The molecule has 0 aliphatic carbocycles. The van der Waals surface area contributed by atoms with E-state index in [4.69, 9.17) is 5.73 Å². The van der Waals surface area contributed by atoms with Crippen molar-refractivity contribution in [1.82, 2.24) is 4.90 Å². The van der Waals surface area contributed by atoms with Crippen molar-refractivity contribution in [2.24, 2.45) is 10.7 Å². The molecule has 2 aliphatic heterocycles. The Morgan fingerprint density at radius 1 is 1.88 bits per heavy atom. The highest BCUT2D eigenvalue weighted by atomic mass is 15.5. The number of nitrogens with two attached hydrogens (primary N) is 1. The minimum Gasteiger partial charge on any atom is -0.332 e. The van der Waals surface area contributed by atoms with Gasteiger partial charge < -0.3 is 10.6 Å². The molecule has 0 spiro atoms. The third-order valence-electron chi connectivity index (χ3n) is 1.84. The monoisotopic (exact) mass is 111 g/mol. The Bertz CT molecular complexity index is 143. The van der Waals surface area contributed by atoms with E-state index in [1.807, 2.05) is 6.34 Å². The number of nitrogens with zero attached hydrogens (tertiary/aromatic N) is 2. The van der Waals surface area contributed by atoms with Gasteiger partial charge in [-0.15, -0.1) is 0 Å². The first-order valence-corrected chi connectivity index (χ1v) is 2.90. The number of hydrogen-bond donors (Lipinski definition) is 1. The van der Waals surface area contributed by atoms with E-state index >= 15 is 0 Å². The van der Waals surface area contributed by atoms with Crippen molar-refractivity contribution in [3.05, 3.63) is 0 Å². The van der Waals surface area contributed by atoms with E-state index in [9.17, 15) is 0 Å². The van der Waals surface area contributed by atoms with E-state index in [1.54, 1.807) is 0 Å².